The fraction of sp³-hybridized carbons (Fsp3) is 0.154. The van der Waals surface area contributed by atoms with Crippen LogP contribution in [0.25, 0.3) is 0 Å². The monoisotopic (exact) mass is 308 g/mol. The van der Waals surface area contributed by atoms with E-state index in [9.17, 15) is 8.42 Å². The molecule has 7 nitrogen and oxygen atoms in total. The zero-order chi connectivity index (χ0) is 15.3. The van der Waals surface area contributed by atoms with Crippen LogP contribution in [0.15, 0.2) is 47.5 Å². The van der Waals surface area contributed by atoms with Crippen LogP contribution in [0.3, 0.4) is 0 Å². The summed E-state index contributed by atoms with van der Waals surface area (Å²) in [6.45, 7) is 2.36. The Kier molecular flexibility index (Phi) is 4.61. The molecule has 0 saturated carbocycles. The van der Waals surface area contributed by atoms with Crippen LogP contribution in [0.4, 0.5) is 11.5 Å². The molecule has 0 spiro atoms. The summed E-state index contributed by atoms with van der Waals surface area (Å²) in [6.07, 6.45) is 1.36. The number of hydrogen-bond donors (Lipinski definition) is 3. The minimum Gasteiger partial charge on any atom is -0.494 e. The standard InChI is InChI=1S/C13H16N4O3S/c1-2-20-11-5-3-4-10(8-11)17-21(18,19)12-6-7-15-13(9-12)16-14/h3-9,17H,2,14H2,1H3,(H,15,16). The molecule has 0 fully saturated rings. The molecule has 8 heteroatoms. The Bertz CT molecular complexity index is 719. The van der Waals surface area contributed by atoms with Crippen LogP contribution in [0.2, 0.25) is 0 Å². The number of benzene rings is 1. The topological polar surface area (TPSA) is 106 Å². The van der Waals surface area contributed by atoms with E-state index in [-0.39, 0.29) is 10.7 Å². The van der Waals surface area contributed by atoms with Gasteiger partial charge in [-0.15, -0.1) is 0 Å². The van der Waals surface area contributed by atoms with Gasteiger partial charge in [0.1, 0.15) is 11.6 Å². The van der Waals surface area contributed by atoms with Crippen molar-refractivity contribution in [2.24, 2.45) is 5.84 Å². The third-order valence-electron chi connectivity index (χ3n) is 2.59. The summed E-state index contributed by atoms with van der Waals surface area (Å²) in [4.78, 5) is 3.93. The Labute approximate surface area is 123 Å². The summed E-state index contributed by atoms with van der Waals surface area (Å²) in [6, 6.07) is 9.45. The summed E-state index contributed by atoms with van der Waals surface area (Å²) in [5.41, 5.74) is 2.72. The first-order valence-electron chi connectivity index (χ1n) is 6.23. The Morgan fingerprint density at radius 3 is 2.81 bits per heavy atom. The Hall–Kier alpha value is -2.32. The van der Waals surface area contributed by atoms with Crippen LogP contribution in [-0.2, 0) is 10.0 Å². The van der Waals surface area contributed by atoms with Crippen LogP contribution in [0.1, 0.15) is 6.92 Å². The number of aromatic nitrogens is 1. The van der Waals surface area contributed by atoms with E-state index < -0.39 is 10.0 Å². The van der Waals surface area contributed by atoms with E-state index in [4.69, 9.17) is 10.6 Å². The number of anilines is 2. The fourth-order valence-corrected chi connectivity index (χ4v) is 2.75. The summed E-state index contributed by atoms with van der Waals surface area (Å²) < 4.78 is 32.4. The molecule has 21 heavy (non-hydrogen) atoms. The molecule has 2 aromatic rings. The van der Waals surface area contributed by atoms with E-state index >= 15 is 0 Å². The van der Waals surface area contributed by atoms with Crippen LogP contribution in [0, 0.1) is 0 Å². The highest BCUT2D eigenvalue weighted by atomic mass is 32.2. The lowest BCUT2D eigenvalue weighted by atomic mass is 10.3. The van der Waals surface area contributed by atoms with Crippen LogP contribution in [-0.4, -0.2) is 20.0 Å². The number of nitrogens with zero attached hydrogens (tertiary/aromatic N) is 1. The normalized spacial score (nSPS) is 11.0. The number of sulfonamides is 1. The molecule has 112 valence electrons. The van der Waals surface area contributed by atoms with Crippen molar-refractivity contribution in [3.63, 3.8) is 0 Å². The van der Waals surface area contributed by atoms with Crippen molar-refractivity contribution in [1.82, 2.24) is 4.98 Å². The maximum Gasteiger partial charge on any atom is 0.262 e. The molecule has 0 bridgehead atoms. The number of nitrogens with two attached hydrogens (primary N) is 1. The third-order valence-corrected chi connectivity index (χ3v) is 3.97. The molecule has 0 unspecified atom stereocenters. The molecule has 0 radical (unpaired) electrons. The van der Waals surface area contributed by atoms with Gasteiger partial charge in [-0.1, -0.05) is 6.07 Å². The van der Waals surface area contributed by atoms with Crippen molar-refractivity contribution < 1.29 is 13.2 Å². The van der Waals surface area contributed by atoms with Gasteiger partial charge in [-0.25, -0.2) is 19.2 Å². The number of nitrogens with one attached hydrogen (secondary N) is 2. The number of nitrogen functional groups attached to an aromatic ring is 1. The van der Waals surface area contributed by atoms with Crippen molar-refractivity contribution in [1.29, 1.82) is 0 Å². The fourth-order valence-electron chi connectivity index (χ4n) is 1.69. The summed E-state index contributed by atoms with van der Waals surface area (Å²) in [5.74, 6) is 6.08. The summed E-state index contributed by atoms with van der Waals surface area (Å²) in [5, 5.41) is 0. The second-order valence-corrected chi connectivity index (χ2v) is 5.77. The van der Waals surface area contributed by atoms with E-state index in [0.29, 0.717) is 18.0 Å². The second-order valence-electron chi connectivity index (χ2n) is 4.09. The Balaban J connectivity index is 2.26. The van der Waals surface area contributed by atoms with Crippen molar-refractivity contribution in [2.45, 2.75) is 11.8 Å². The maximum atomic E-state index is 12.3. The first-order chi connectivity index (χ1) is 10.0. The van der Waals surface area contributed by atoms with Crippen molar-refractivity contribution >= 4 is 21.5 Å². The van der Waals surface area contributed by atoms with Gasteiger partial charge >= 0.3 is 0 Å². The van der Waals surface area contributed by atoms with Crippen LogP contribution < -0.4 is 20.7 Å². The SMILES string of the molecule is CCOc1cccc(NS(=O)(=O)c2ccnc(NN)c2)c1. The lowest BCUT2D eigenvalue weighted by Gasteiger charge is -2.10. The summed E-state index contributed by atoms with van der Waals surface area (Å²) >= 11 is 0. The molecular formula is C13H16N4O3S. The molecular weight excluding hydrogens is 292 g/mol. The molecule has 0 aliphatic heterocycles. The minimum absolute atomic E-state index is 0.0623. The van der Waals surface area contributed by atoms with E-state index in [1.165, 1.54) is 18.3 Å². The highest BCUT2D eigenvalue weighted by Gasteiger charge is 2.15. The molecule has 1 aromatic carbocycles. The van der Waals surface area contributed by atoms with Gasteiger partial charge in [0.05, 0.1) is 17.2 Å². The Morgan fingerprint density at radius 1 is 1.29 bits per heavy atom. The number of ether oxygens (including phenoxy) is 1. The highest BCUT2D eigenvalue weighted by molar-refractivity contribution is 7.92. The zero-order valence-electron chi connectivity index (χ0n) is 11.4. The molecule has 2 rings (SSSR count). The van der Waals surface area contributed by atoms with Crippen molar-refractivity contribution in [3.8, 4) is 5.75 Å². The van der Waals surface area contributed by atoms with Gasteiger partial charge in [-0.05, 0) is 25.1 Å². The molecule has 0 saturated heterocycles. The Morgan fingerprint density at radius 2 is 2.10 bits per heavy atom. The van der Waals surface area contributed by atoms with E-state index in [1.54, 1.807) is 24.3 Å². The maximum absolute atomic E-state index is 12.3. The van der Waals surface area contributed by atoms with E-state index in [2.05, 4.69) is 15.1 Å². The average molecular weight is 308 g/mol. The largest absolute Gasteiger partial charge is 0.494 e. The molecule has 0 atom stereocenters. The molecule has 0 aliphatic rings. The lowest BCUT2D eigenvalue weighted by Crippen LogP contribution is -2.15. The van der Waals surface area contributed by atoms with Crippen LogP contribution >= 0.6 is 0 Å². The van der Waals surface area contributed by atoms with E-state index in [1.807, 2.05) is 6.92 Å². The molecule has 1 aromatic heterocycles. The molecule has 0 aliphatic carbocycles. The zero-order valence-corrected chi connectivity index (χ0v) is 12.2. The molecule has 4 N–H and O–H groups in total. The first-order valence-corrected chi connectivity index (χ1v) is 7.72. The highest BCUT2D eigenvalue weighted by Crippen LogP contribution is 2.21. The van der Waals surface area contributed by atoms with Gasteiger partial charge in [-0.2, -0.15) is 0 Å². The van der Waals surface area contributed by atoms with Gasteiger partial charge in [0.2, 0.25) is 0 Å². The molecule has 0 amide bonds. The third kappa shape index (κ3) is 3.83. The average Bonchev–Trinajstić information content (AvgIpc) is 2.47. The summed E-state index contributed by atoms with van der Waals surface area (Å²) in [7, 11) is -3.72. The van der Waals surface area contributed by atoms with Gasteiger partial charge in [-0.3, -0.25) is 4.72 Å². The van der Waals surface area contributed by atoms with Crippen molar-refractivity contribution in [2.75, 3.05) is 16.8 Å². The first kappa shape index (κ1) is 15.1. The van der Waals surface area contributed by atoms with Crippen molar-refractivity contribution in [3.05, 3.63) is 42.6 Å². The molecule has 1 heterocycles. The van der Waals surface area contributed by atoms with Crippen LogP contribution in [0.5, 0.6) is 5.75 Å². The van der Waals surface area contributed by atoms with Gasteiger partial charge in [0, 0.05) is 18.3 Å². The lowest BCUT2D eigenvalue weighted by molar-refractivity contribution is 0.340. The second kappa shape index (κ2) is 6.42. The minimum atomic E-state index is -3.72. The van der Waals surface area contributed by atoms with E-state index in [0.717, 1.165) is 0 Å². The predicted molar refractivity (Wildman–Crippen MR) is 80.5 cm³/mol. The number of rotatable bonds is 6. The van der Waals surface area contributed by atoms with Gasteiger partial charge in [0.15, 0.2) is 0 Å². The number of pyridine rings is 1. The quantitative estimate of drug-likeness (QED) is 0.552. The number of hydrogen-bond acceptors (Lipinski definition) is 6. The van der Waals surface area contributed by atoms with Gasteiger partial charge < -0.3 is 10.2 Å². The smallest absolute Gasteiger partial charge is 0.262 e. The predicted octanol–water partition coefficient (Wildman–Crippen LogP) is 1.57. The number of hydrazine groups is 1. The van der Waals surface area contributed by atoms with Gasteiger partial charge in [0.25, 0.3) is 10.0 Å².